The van der Waals surface area contributed by atoms with E-state index >= 15 is 0 Å². The van der Waals surface area contributed by atoms with Crippen molar-refractivity contribution < 1.29 is 0 Å². The van der Waals surface area contributed by atoms with Crippen LogP contribution in [0.2, 0.25) is 10.0 Å². The van der Waals surface area contributed by atoms with E-state index in [1.54, 1.807) is 6.07 Å². The number of hydrogen-bond acceptors (Lipinski definition) is 2. The molecular formula is C15H14Cl2N2S. The molecule has 0 unspecified atom stereocenters. The van der Waals surface area contributed by atoms with Crippen LogP contribution in [0.15, 0.2) is 42.5 Å². The second kappa shape index (κ2) is 6.93. The molecule has 3 N–H and O–H groups in total. The van der Waals surface area contributed by atoms with Crippen molar-refractivity contribution in [2.75, 3.05) is 11.9 Å². The minimum Gasteiger partial charge on any atom is -0.389 e. The average Bonchev–Trinajstić information content (AvgIpc) is 2.40. The number of benzene rings is 2. The highest BCUT2D eigenvalue weighted by Gasteiger charge is 2.09. The molecule has 2 nitrogen and oxygen atoms in total. The number of anilines is 1. The van der Waals surface area contributed by atoms with Gasteiger partial charge in [-0.25, -0.2) is 0 Å². The summed E-state index contributed by atoms with van der Waals surface area (Å²) in [6.07, 6.45) is 0.875. The smallest absolute Gasteiger partial charge is 0.107 e. The maximum Gasteiger partial charge on any atom is 0.107 e. The molecule has 0 aliphatic rings. The van der Waals surface area contributed by atoms with Crippen LogP contribution in [0, 0.1) is 0 Å². The second-order valence-corrected chi connectivity index (χ2v) is 5.61. The highest BCUT2D eigenvalue weighted by Crippen LogP contribution is 2.24. The van der Waals surface area contributed by atoms with Crippen LogP contribution >= 0.6 is 35.4 Å². The third kappa shape index (κ3) is 3.85. The molecule has 2 rings (SSSR count). The first-order valence-electron chi connectivity index (χ1n) is 6.14. The predicted octanol–water partition coefficient (Wildman–Crippen LogP) is 4.28. The summed E-state index contributed by atoms with van der Waals surface area (Å²) in [5.74, 6) is 0. The molecule has 0 radical (unpaired) electrons. The first-order valence-corrected chi connectivity index (χ1v) is 7.31. The molecule has 0 atom stereocenters. The molecule has 0 saturated carbocycles. The third-order valence-electron chi connectivity index (χ3n) is 2.90. The summed E-state index contributed by atoms with van der Waals surface area (Å²) in [6, 6.07) is 13.4. The van der Waals surface area contributed by atoms with E-state index in [9.17, 15) is 0 Å². The maximum atomic E-state index is 6.12. The van der Waals surface area contributed by atoms with Crippen LogP contribution in [0.4, 0.5) is 5.69 Å². The Hall–Kier alpha value is -1.29. The van der Waals surface area contributed by atoms with Crippen molar-refractivity contribution in [2.45, 2.75) is 6.42 Å². The molecule has 2 aromatic carbocycles. The summed E-state index contributed by atoms with van der Waals surface area (Å²) in [6.45, 7) is 0.761. The van der Waals surface area contributed by atoms with Crippen molar-refractivity contribution in [2.24, 2.45) is 5.73 Å². The fourth-order valence-electron chi connectivity index (χ4n) is 1.91. The molecular weight excluding hydrogens is 311 g/mol. The summed E-state index contributed by atoms with van der Waals surface area (Å²) < 4.78 is 0. The van der Waals surface area contributed by atoms with Gasteiger partial charge in [-0.15, -0.1) is 0 Å². The lowest BCUT2D eigenvalue weighted by Gasteiger charge is -2.12. The largest absolute Gasteiger partial charge is 0.389 e. The number of thiocarbonyl (C=S) groups is 1. The fourth-order valence-corrected chi connectivity index (χ4v) is 2.59. The summed E-state index contributed by atoms with van der Waals surface area (Å²) in [5, 5.41) is 4.62. The first-order chi connectivity index (χ1) is 9.58. The highest BCUT2D eigenvalue weighted by atomic mass is 35.5. The lowest BCUT2D eigenvalue weighted by atomic mass is 10.1. The van der Waals surface area contributed by atoms with Crippen LogP contribution in [-0.2, 0) is 6.42 Å². The van der Waals surface area contributed by atoms with Crippen LogP contribution in [0.1, 0.15) is 11.1 Å². The number of halogens is 2. The van der Waals surface area contributed by atoms with E-state index in [2.05, 4.69) is 5.32 Å². The molecule has 0 heterocycles. The van der Waals surface area contributed by atoms with Gasteiger partial charge >= 0.3 is 0 Å². The maximum absolute atomic E-state index is 6.12. The van der Waals surface area contributed by atoms with Crippen molar-refractivity contribution in [1.29, 1.82) is 0 Å². The average molecular weight is 325 g/mol. The van der Waals surface area contributed by atoms with Crippen molar-refractivity contribution in [3.8, 4) is 0 Å². The Bertz CT molecular complexity index is 612. The van der Waals surface area contributed by atoms with E-state index in [-0.39, 0.29) is 0 Å². The third-order valence-corrected chi connectivity index (χ3v) is 3.67. The monoisotopic (exact) mass is 324 g/mol. The molecule has 0 aromatic heterocycles. The van der Waals surface area contributed by atoms with Gasteiger partial charge in [0.25, 0.3) is 0 Å². The second-order valence-electron chi connectivity index (χ2n) is 4.33. The lowest BCUT2D eigenvalue weighted by Crippen LogP contribution is -2.15. The number of nitrogens with one attached hydrogen (secondary N) is 1. The van der Waals surface area contributed by atoms with E-state index in [0.29, 0.717) is 15.6 Å². The van der Waals surface area contributed by atoms with E-state index in [1.165, 1.54) is 5.56 Å². The number of hydrogen-bond donors (Lipinski definition) is 2. The van der Waals surface area contributed by atoms with Crippen molar-refractivity contribution in [3.63, 3.8) is 0 Å². The van der Waals surface area contributed by atoms with Crippen LogP contribution in [0.5, 0.6) is 0 Å². The lowest BCUT2D eigenvalue weighted by molar-refractivity contribution is 1.02. The molecule has 0 aliphatic heterocycles. The Balaban J connectivity index is 2.02. The zero-order valence-corrected chi connectivity index (χ0v) is 13.0. The molecule has 104 valence electrons. The van der Waals surface area contributed by atoms with Crippen LogP contribution in [0.25, 0.3) is 0 Å². The Morgan fingerprint density at radius 3 is 2.45 bits per heavy atom. The summed E-state index contributed by atoms with van der Waals surface area (Å²) in [4.78, 5) is 0.296. The summed E-state index contributed by atoms with van der Waals surface area (Å²) in [7, 11) is 0. The van der Waals surface area contributed by atoms with Crippen LogP contribution in [0.3, 0.4) is 0 Å². The fraction of sp³-hybridized carbons (Fsp3) is 0.133. The van der Waals surface area contributed by atoms with E-state index < -0.39 is 0 Å². The van der Waals surface area contributed by atoms with Crippen molar-refractivity contribution in [1.82, 2.24) is 0 Å². The zero-order valence-electron chi connectivity index (χ0n) is 10.7. The van der Waals surface area contributed by atoms with Gasteiger partial charge in [-0.1, -0.05) is 53.6 Å². The van der Waals surface area contributed by atoms with Crippen LogP contribution < -0.4 is 11.1 Å². The Morgan fingerprint density at radius 2 is 1.80 bits per heavy atom. The van der Waals surface area contributed by atoms with Gasteiger partial charge in [-0.3, -0.25) is 0 Å². The standard InChI is InChI=1S/C15H14Cl2N2S/c16-11-6-4-10(5-7-11)8-9-19-13-3-1-2-12(17)14(13)15(18)20/h1-7,19H,8-9H2,(H2,18,20). The molecule has 2 aromatic rings. The van der Waals surface area contributed by atoms with E-state index in [0.717, 1.165) is 23.7 Å². The van der Waals surface area contributed by atoms with Gasteiger partial charge < -0.3 is 11.1 Å². The quantitative estimate of drug-likeness (QED) is 0.806. The molecule has 0 spiro atoms. The molecule has 0 saturated heterocycles. The van der Waals surface area contributed by atoms with Crippen LogP contribution in [-0.4, -0.2) is 11.5 Å². The minimum absolute atomic E-state index is 0.296. The summed E-state index contributed by atoms with van der Waals surface area (Å²) >= 11 is 17.0. The van der Waals surface area contributed by atoms with Gasteiger partial charge in [0.2, 0.25) is 0 Å². The molecule has 0 bridgehead atoms. The molecule has 0 amide bonds. The van der Waals surface area contributed by atoms with E-state index in [1.807, 2.05) is 36.4 Å². The van der Waals surface area contributed by atoms with E-state index in [4.69, 9.17) is 41.2 Å². The van der Waals surface area contributed by atoms with Crippen molar-refractivity contribution >= 4 is 46.1 Å². The molecule has 0 fully saturated rings. The summed E-state index contributed by atoms with van der Waals surface area (Å²) in [5.41, 5.74) is 8.47. The topological polar surface area (TPSA) is 38.0 Å². The predicted molar refractivity (Wildman–Crippen MR) is 91.0 cm³/mol. The van der Waals surface area contributed by atoms with Gasteiger partial charge in [0.15, 0.2) is 0 Å². The van der Waals surface area contributed by atoms with Crippen molar-refractivity contribution in [3.05, 3.63) is 63.6 Å². The highest BCUT2D eigenvalue weighted by molar-refractivity contribution is 7.80. The SMILES string of the molecule is NC(=S)c1c(Cl)cccc1NCCc1ccc(Cl)cc1. The Kier molecular flexibility index (Phi) is 5.24. The zero-order chi connectivity index (χ0) is 14.5. The molecule has 0 aliphatic carbocycles. The first kappa shape index (κ1) is 15.1. The van der Waals surface area contributed by atoms with Gasteiger partial charge in [-0.2, -0.15) is 0 Å². The van der Waals surface area contributed by atoms with Gasteiger partial charge in [0.1, 0.15) is 4.99 Å². The van der Waals surface area contributed by atoms with Gasteiger partial charge in [-0.05, 0) is 36.2 Å². The van der Waals surface area contributed by atoms with Gasteiger partial charge in [0, 0.05) is 17.3 Å². The normalized spacial score (nSPS) is 10.3. The number of rotatable bonds is 5. The Labute approximate surface area is 133 Å². The Morgan fingerprint density at radius 1 is 1.10 bits per heavy atom. The van der Waals surface area contributed by atoms with Gasteiger partial charge in [0.05, 0.1) is 10.6 Å². The number of nitrogens with two attached hydrogens (primary N) is 1. The molecule has 5 heteroatoms. The minimum atomic E-state index is 0.296. The molecule has 20 heavy (non-hydrogen) atoms.